The predicted octanol–water partition coefficient (Wildman–Crippen LogP) is 3.73. The van der Waals surface area contributed by atoms with Gasteiger partial charge in [0.1, 0.15) is 0 Å². The lowest BCUT2D eigenvalue weighted by Gasteiger charge is -2.13. The van der Waals surface area contributed by atoms with Crippen molar-refractivity contribution >= 4 is 23.3 Å². The summed E-state index contributed by atoms with van der Waals surface area (Å²) in [4.78, 5) is 25.0. The van der Waals surface area contributed by atoms with Gasteiger partial charge in [0.15, 0.2) is 11.6 Å². The lowest BCUT2D eigenvalue weighted by Crippen LogP contribution is -2.26. The lowest BCUT2D eigenvalue weighted by atomic mass is 9.91. The molecule has 0 heterocycles. The second-order valence-electron chi connectivity index (χ2n) is 4.47. The minimum absolute atomic E-state index is 0.103. The molecule has 2 nitrogen and oxygen atoms in total. The molecule has 2 aromatic rings. The van der Waals surface area contributed by atoms with E-state index in [1.54, 1.807) is 24.3 Å². The van der Waals surface area contributed by atoms with E-state index < -0.39 is 5.92 Å². The summed E-state index contributed by atoms with van der Waals surface area (Å²) in [6.07, 6.45) is 1.91. The molecule has 0 fully saturated rings. The highest BCUT2D eigenvalue weighted by Crippen LogP contribution is 2.18. The van der Waals surface area contributed by atoms with Crippen LogP contribution in [0.2, 0.25) is 0 Å². The number of rotatable bonds is 6. The van der Waals surface area contributed by atoms with E-state index in [0.29, 0.717) is 16.9 Å². The third kappa shape index (κ3) is 3.36. The van der Waals surface area contributed by atoms with Crippen LogP contribution < -0.4 is 0 Å². The Morgan fingerprint density at radius 1 is 0.850 bits per heavy atom. The van der Waals surface area contributed by atoms with E-state index in [4.69, 9.17) is 0 Å². The first-order chi connectivity index (χ1) is 9.74. The van der Waals surface area contributed by atoms with Gasteiger partial charge in [-0.2, -0.15) is 11.8 Å². The average Bonchev–Trinajstić information content (AvgIpc) is 2.53. The summed E-state index contributed by atoms with van der Waals surface area (Å²) >= 11 is 1.51. The number of ketones is 2. The SMILES string of the molecule is CSCC(C(=O)c1ccccc1)C(=O)c1ccccc1. The fourth-order valence-electron chi connectivity index (χ4n) is 2.04. The molecule has 0 saturated carbocycles. The van der Waals surface area contributed by atoms with Crippen molar-refractivity contribution in [2.24, 2.45) is 5.92 Å². The first-order valence-electron chi connectivity index (χ1n) is 6.41. The van der Waals surface area contributed by atoms with Gasteiger partial charge in [-0.3, -0.25) is 9.59 Å². The van der Waals surface area contributed by atoms with Gasteiger partial charge in [-0.05, 0) is 6.26 Å². The Kier molecular flexibility index (Phi) is 5.13. The quantitative estimate of drug-likeness (QED) is 0.598. The smallest absolute Gasteiger partial charge is 0.174 e. The van der Waals surface area contributed by atoms with Gasteiger partial charge in [0.25, 0.3) is 0 Å². The van der Waals surface area contributed by atoms with Crippen LogP contribution in [0.5, 0.6) is 0 Å². The number of thioether (sulfide) groups is 1. The Balaban J connectivity index is 2.27. The summed E-state index contributed by atoms with van der Waals surface area (Å²) in [6.45, 7) is 0. The van der Waals surface area contributed by atoms with E-state index in [-0.39, 0.29) is 11.6 Å². The molecular formula is C17H16O2S. The number of carbonyl (C=O) groups is 2. The normalized spacial score (nSPS) is 10.5. The Morgan fingerprint density at radius 3 is 1.60 bits per heavy atom. The van der Waals surface area contributed by atoms with Gasteiger partial charge in [0.2, 0.25) is 0 Å². The minimum atomic E-state index is -0.616. The Morgan fingerprint density at radius 2 is 1.25 bits per heavy atom. The van der Waals surface area contributed by atoms with Crippen LogP contribution in [-0.4, -0.2) is 23.6 Å². The fraction of sp³-hybridized carbons (Fsp3) is 0.176. The molecule has 20 heavy (non-hydrogen) atoms. The summed E-state index contributed by atoms with van der Waals surface area (Å²) in [5.41, 5.74) is 1.19. The highest BCUT2D eigenvalue weighted by Gasteiger charge is 2.27. The van der Waals surface area contributed by atoms with Gasteiger partial charge in [0.05, 0.1) is 5.92 Å². The summed E-state index contributed by atoms with van der Waals surface area (Å²) in [7, 11) is 0. The van der Waals surface area contributed by atoms with E-state index >= 15 is 0 Å². The topological polar surface area (TPSA) is 34.1 Å². The van der Waals surface area contributed by atoms with Crippen molar-refractivity contribution in [1.29, 1.82) is 0 Å². The van der Waals surface area contributed by atoms with Gasteiger partial charge in [0, 0.05) is 16.9 Å². The van der Waals surface area contributed by atoms with Crippen molar-refractivity contribution in [3.8, 4) is 0 Å². The Bertz CT molecular complexity index is 527. The fourth-order valence-corrected chi connectivity index (χ4v) is 2.68. The maximum Gasteiger partial charge on any atom is 0.174 e. The first-order valence-corrected chi connectivity index (χ1v) is 7.81. The second-order valence-corrected chi connectivity index (χ2v) is 5.38. The maximum atomic E-state index is 12.5. The molecule has 102 valence electrons. The number of Topliss-reactive ketones (excluding diaryl/α,β-unsaturated/α-hetero) is 2. The zero-order valence-corrected chi connectivity index (χ0v) is 12.1. The second kappa shape index (κ2) is 7.06. The van der Waals surface area contributed by atoms with E-state index in [0.717, 1.165) is 0 Å². The molecule has 0 aliphatic rings. The highest BCUT2D eigenvalue weighted by molar-refractivity contribution is 7.98. The molecular weight excluding hydrogens is 268 g/mol. The third-order valence-corrected chi connectivity index (χ3v) is 3.75. The standard InChI is InChI=1S/C17H16O2S/c1-20-12-15(16(18)13-8-4-2-5-9-13)17(19)14-10-6-3-7-11-14/h2-11,15H,12H2,1H3. The van der Waals surface area contributed by atoms with E-state index in [1.807, 2.05) is 42.7 Å². The van der Waals surface area contributed by atoms with E-state index in [2.05, 4.69) is 0 Å². The van der Waals surface area contributed by atoms with Crippen LogP contribution in [0.1, 0.15) is 20.7 Å². The largest absolute Gasteiger partial charge is 0.293 e. The number of hydrogen-bond acceptors (Lipinski definition) is 3. The number of hydrogen-bond donors (Lipinski definition) is 0. The van der Waals surface area contributed by atoms with Crippen LogP contribution in [0.25, 0.3) is 0 Å². The third-order valence-electron chi connectivity index (χ3n) is 3.08. The molecule has 0 aromatic heterocycles. The zero-order chi connectivity index (χ0) is 14.4. The molecule has 0 unspecified atom stereocenters. The zero-order valence-electron chi connectivity index (χ0n) is 11.3. The molecule has 0 aliphatic carbocycles. The van der Waals surface area contributed by atoms with Crippen molar-refractivity contribution in [2.45, 2.75) is 0 Å². The van der Waals surface area contributed by atoms with Crippen LogP contribution in [-0.2, 0) is 0 Å². The highest BCUT2D eigenvalue weighted by atomic mass is 32.2. The molecule has 0 radical (unpaired) electrons. The molecule has 3 heteroatoms. The minimum Gasteiger partial charge on any atom is -0.293 e. The van der Waals surface area contributed by atoms with Gasteiger partial charge in [-0.1, -0.05) is 60.7 Å². The van der Waals surface area contributed by atoms with E-state index in [1.165, 1.54) is 11.8 Å². The van der Waals surface area contributed by atoms with Crippen molar-refractivity contribution in [3.63, 3.8) is 0 Å². The summed E-state index contributed by atoms with van der Waals surface area (Å²) in [6, 6.07) is 18.0. The maximum absolute atomic E-state index is 12.5. The van der Waals surface area contributed by atoms with Crippen LogP contribution in [0.4, 0.5) is 0 Å². The summed E-state index contributed by atoms with van der Waals surface area (Å²) in [5, 5.41) is 0. The van der Waals surface area contributed by atoms with Gasteiger partial charge in [-0.15, -0.1) is 0 Å². The monoisotopic (exact) mass is 284 g/mol. The van der Waals surface area contributed by atoms with Gasteiger partial charge >= 0.3 is 0 Å². The summed E-state index contributed by atoms with van der Waals surface area (Å²) < 4.78 is 0. The van der Waals surface area contributed by atoms with Crippen molar-refractivity contribution in [3.05, 3.63) is 71.8 Å². The molecule has 0 aliphatic heterocycles. The molecule has 2 rings (SSSR count). The molecule has 0 bridgehead atoms. The molecule has 2 aromatic carbocycles. The van der Waals surface area contributed by atoms with Crippen LogP contribution in [0, 0.1) is 5.92 Å². The van der Waals surface area contributed by atoms with Crippen molar-refractivity contribution in [1.82, 2.24) is 0 Å². The van der Waals surface area contributed by atoms with Gasteiger partial charge < -0.3 is 0 Å². The van der Waals surface area contributed by atoms with E-state index in [9.17, 15) is 9.59 Å². The van der Waals surface area contributed by atoms with Crippen molar-refractivity contribution < 1.29 is 9.59 Å². The lowest BCUT2D eigenvalue weighted by molar-refractivity contribution is 0.0824. The predicted molar refractivity (Wildman–Crippen MR) is 83.4 cm³/mol. The number of benzene rings is 2. The first kappa shape index (κ1) is 14.5. The van der Waals surface area contributed by atoms with Crippen LogP contribution >= 0.6 is 11.8 Å². The molecule has 0 atom stereocenters. The van der Waals surface area contributed by atoms with Crippen molar-refractivity contribution in [2.75, 3.05) is 12.0 Å². The Hall–Kier alpha value is -1.87. The summed E-state index contributed by atoms with van der Waals surface area (Å²) in [5.74, 6) is -0.320. The van der Waals surface area contributed by atoms with Crippen LogP contribution in [0.3, 0.4) is 0 Å². The average molecular weight is 284 g/mol. The molecule has 0 amide bonds. The Labute approximate surface area is 123 Å². The van der Waals surface area contributed by atoms with Crippen LogP contribution in [0.15, 0.2) is 60.7 Å². The molecule has 0 spiro atoms. The van der Waals surface area contributed by atoms with Gasteiger partial charge in [-0.25, -0.2) is 0 Å². The molecule has 0 saturated heterocycles. The molecule has 0 N–H and O–H groups in total. The number of carbonyl (C=O) groups excluding carboxylic acids is 2.